The second kappa shape index (κ2) is 16.0. The van der Waals surface area contributed by atoms with Gasteiger partial charge in [-0.1, -0.05) is 206 Å². The Balaban J connectivity index is 0.925. The van der Waals surface area contributed by atoms with Crippen LogP contribution in [0.15, 0.2) is 270 Å². The first-order chi connectivity index (χ1) is 34.7. The lowest BCUT2D eigenvalue weighted by Crippen LogP contribution is -2.28. The molecule has 3 nitrogen and oxygen atoms in total. The van der Waals surface area contributed by atoms with Gasteiger partial charge in [0.25, 0.3) is 0 Å². The summed E-state index contributed by atoms with van der Waals surface area (Å²) in [4.78, 5) is 2.46. The van der Waals surface area contributed by atoms with Gasteiger partial charge >= 0.3 is 0 Å². The summed E-state index contributed by atoms with van der Waals surface area (Å²) in [6.07, 6.45) is 0. The second-order valence-electron chi connectivity index (χ2n) is 18.3. The van der Waals surface area contributed by atoms with E-state index in [2.05, 4.69) is 241 Å². The number of furan rings is 2. The molecule has 0 bridgehead atoms. The van der Waals surface area contributed by atoms with Gasteiger partial charge in [-0.05, 0) is 110 Å². The number of para-hydroxylation sites is 3. The van der Waals surface area contributed by atoms with Crippen molar-refractivity contribution in [3.8, 4) is 44.5 Å². The lowest BCUT2D eigenvalue weighted by molar-refractivity contribution is 0.669. The molecule has 0 atom stereocenters. The van der Waals surface area contributed by atoms with Crippen LogP contribution in [0.5, 0.6) is 0 Å². The summed E-state index contributed by atoms with van der Waals surface area (Å²) in [5.74, 6) is 0. The molecule has 0 saturated heterocycles. The zero-order chi connectivity index (χ0) is 46.2. The fourth-order valence-electron chi connectivity index (χ4n) is 11.4. The van der Waals surface area contributed by atoms with Gasteiger partial charge < -0.3 is 13.7 Å². The Morgan fingerprint density at radius 2 is 0.829 bits per heavy atom. The van der Waals surface area contributed by atoms with Crippen LogP contribution in [0.25, 0.3) is 88.4 Å². The molecule has 0 saturated carbocycles. The first-order valence-electron chi connectivity index (χ1n) is 24.0. The first-order valence-corrected chi connectivity index (χ1v) is 24.0. The van der Waals surface area contributed by atoms with Gasteiger partial charge in [-0.2, -0.15) is 0 Å². The van der Waals surface area contributed by atoms with Crippen LogP contribution in [0.2, 0.25) is 0 Å². The Hall–Kier alpha value is -9.18. The summed E-state index contributed by atoms with van der Waals surface area (Å²) in [5, 5.41) is 4.50. The largest absolute Gasteiger partial charge is 0.456 e. The van der Waals surface area contributed by atoms with E-state index in [1.165, 1.54) is 33.4 Å². The van der Waals surface area contributed by atoms with Crippen LogP contribution in [0, 0.1) is 0 Å². The van der Waals surface area contributed by atoms with Crippen molar-refractivity contribution in [2.75, 3.05) is 4.90 Å². The van der Waals surface area contributed by atoms with Crippen LogP contribution in [-0.4, -0.2) is 0 Å². The fraction of sp³-hybridized carbons (Fsp3) is 0.0149. The quantitative estimate of drug-likeness (QED) is 0.152. The summed E-state index contributed by atoms with van der Waals surface area (Å²) in [6.45, 7) is 0. The third kappa shape index (κ3) is 6.15. The molecule has 0 spiro atoms. The summed E-state index contributed by atoms with van der Waals surface area (Å²) < 4.78 is 12.7. The summed E-state index contributed by atoms with van der Waals surface area (Å²) in [5.41, 5.74) is 20.5. The van der Waals surface area contributed by atoms with Gasteiger partial charge in [0, 0.05) is 44.0 Å². The molecule has 11 aromatic carbocycles. The Bertz CT molecular complexity index is 4070. The minimum absolute atomic E-state index is 0.535. The van der Waals surface area contributed by atoms with Crippen molar-refractivity contribution in [1.82, 2.24) is 0 Å². The van der Waals surface area contributed by atoms with Crippen LogP contribution >= 0.6 is 0 Å². The lowest BCUT2D eigenvalue weighted by Gasteiger charge is -2.34. The molecule has 70 heavy (non-hydrogen) atoms. The van der Waals surface area contributed by atoms with Crippen LogP contribution in [0.1, 0.15) is 22.3 Å². The SMILES string of the molecule is c1ccc(C2(c3ccccc3)c3ccccc3-c3c(N(c4ccc(-c5ccc(-c6cccc7c6oc6ccccc67)cc5)cc4)c4cccc(-c5ccc6oc7ccccc7c6c5)c4)cccc32)cc1. The van der Waals surface area contributed by atoms with E-state index < -0.39 is 5.41 Å². The number of hydrogen-bond donors (Lipinski definition) is 0. The van der Waals surface area contributed by atoms with E-state index in [1.807, 2.05) is 24.3 Å². The predicted octanol–water partition coefficient (Wildman–Crippen LogP) is 18.3. The van der Waals surface area contributed by atoms with Gasteiger partial charge in [-0.25, -0.2) is 0 Å². The molecule has 0 N–H and O–H groups in total. The Labute approximate surface area is 405 Å². The second-order valence-corrected chi connectivity index (χ2v) is 18.3. The zero-order valence-electron chi connectivity index (χ0n) is 38.1. The highest BCUT2D eigenvalue weighted by atomic mass is 16.3. The molecule has 1 aliphatic rings. The van der Waals surface area contributed by atoms with Crippen molar-refractivity contribution < 1.29 is 8.83 Å². The highest BCUT2D eigenvalue weighted by Crippen LogP contribution is 2.59. The molecule has 3 heteroatoms. The van der Waals surface area contributed by atoms with Crippen molar-refractivity contribution >= 4 is 60.9 Å². The molecule has 0 aliphatic heterocycles. The predicted molar refractivity (Wildman–Crippen MR) is 289 cm³/mol. The summed E-state index contributed by atoms with van der Waals surface area (Å²) in [6, 6.07) is 94.4. The lowest BCUT2D eigenvalue weighted by atomic mass is 9.68. The molecule has 2 heterocycles. The Kier molecular flexibility index (Phi) is 9.11. The average molecular weight is 894 g/mol. The van der Waals surface area contributed by atoms with E-state index in [0.717, 1.165) is 94.3 Å². The van der Waals surface area contributed by atoms with Crippen LogP contribution < -0.4 is 4.90 Å². The highest BCUT2D eigenvalue weighted by molar-refractivity contribution is 6.10. The molecule has 2 aromatic heterocycles. The molecule has 0 amide bonds. The Morgan fingerprint density at radius 1 is 0.300 bits per heavy atom. The van der Waals surface area contributed by atoms with E-state index in [9.17, 15) is 0 Å². The van der Waals surface area contributed by atoms with Crippen LogP contribution in [0.4, 0.5) is 17.1 Å². The molecule has 13 aromatic rings. The van der Waals surface area contributed by atoms with E-state index in [1.54, 1.807) is 0 Å². The number of anilines is 3. The number of rotatable bonds is 8. The van der Waals surface area contributed by atoms with Gasteiger partial charge in [-0.15, -0.1) is 0 Å². The van der Waals surface area contributed by atoms with Crippen molar-refractivity contribution in [1.29, 1.82) is 0 Å². The normalized spacial score (nSPS) is 12.7. The average Bonchev–Trinajstić information content (AvgIpc) is 4.11. The maximum absolute atomic E-state index is 6.42. The van der Waals surface area contributed by atoms with E-state index >= 15 is 0 Å². The Morgan fingerprint density at radius 3 is 1.59 bits per heavy atom. The molecule has 0 radical (unpaired) electrons. The van der Waals surface area contributed by atoms with Crippen molar-refractivity contribution in [3.05, 3.63) is 283 Å². The first kappa shape index (κ1) is 39.9. The van der Waals surface area contributed by atoms with E-state index in [-0.39, 0.29) is 0 Å². The van der Waals surface area contributed by atoms with E-state index in [4.69, 9.17) is 8.83 Å². The minimum atomic E-state index is -0.535. The molecule has 1 aliphatic carbocycles. The number of nitrogens with zero attached hydrogens (tertiary/aromatic N) is 1. The molecule has 0 unspecified atom stereocenters. The third-order valence-electron chi connectivity index (χ3n) is 14.6. The van der Waals surface area contributed by atoms with E-state index in [0.29, 0.717) is 0 Å². The van der Waals surface area contributed by atoms with Crippen LogP contribution in [-0.2, 0) is 5.41 Å². The van der Waals surface area contributed by atoms with Gasteiger partial charge in [0.05, 0.1) is 11.1 Å². The van der Waals surface area contributed by atoms with Crippen molar-refractivity contribution in [2.24, 2.45) is 0 Å². The van der Waals surface area contributed by atoms with Gasteiger partial charge in [0.2, 0.25) is 0 Å². The topological polar surface area (TPSA) is 29.5 Å². The highest BCUT2D eigenvalue weighted by Gasteiger charge is 2.47. The zero-order valence-corrected chi connectivity index (χ0v) is 38.1. The van der Waals surface area contributed by atoms with Gasteiger partial charge in [0.1, 0.15) is 22.3 Å². The third-order valence-corrected chi connectivity index (χ3v) is 14.6. The smallest absolute Gasteiger partial charge is 0.143 e. The minimum Gasteiger partial charge on any atom is -0.456 e. The van der Waals surface area contributed by atoms with Crippen molar-refractivity contribution in [3.63, 3.8) is 0 Å². The van der Waals surface area contributed by atoms with Crippen LogP contribution in [0.3, 0.4) is 0 Å². The van der Waals surface area contributed by atoms with Crippen molar-refractivity contribution in [2.45, 2.75) is 5.41 Å². The fourth-order valence-corrected chi connectivity index (χ4v) is 11.4. The summed E-state index contributed by atoms with van der Waals surface area (Å²) >= 11 is 0. The molecular weight excluding hydrogens is 851 g/mol. The number of hydrogen-bond acceptors (Lipinski definition) is 3. The molecule has 328 valence electrons. The molecule has 0 fully saturated rings. The van der Waals surface area contributed by atoms with Gasteiger partial charge in [-0.3, -0.25) is 0 Å². The standard InChI is InChI=1S/C67H43NO2/c1-3-17-49(18-4-1)67(50-19-5-2-6-20-50)59-27-10-7-24-57(59)65-60(67)28-15-29-61(65)68(52-21-13-16-47(42-52)48-38-41-64-58(43-48)55-23-9-11-30-62(55)69-64)51-39-36-45(37-40-51)44-32-34-46(35-33-44)53-25-14-26-56-54-22-8-12-31-63(54)70-66(53)56/h1-43H. The molecular formula is C67H43NO2. The van der Waals surface area contributed by atoms with Gasteiger partial charge in [0.15, 0.2) is 0 Å². The molecule has 14 rings (SSSR count). The summed E-state index contributed by atoms with van der Waals surface area (Å²) in [7, 11) is 0. The number of fused-ring (bicyclic) bond motifs is 9. The maximum atomic E-state index is 6.42. The monoisotopic (exact) mass is 893 g/mol. The number of benzene rings is 11. The maximum Gasteiger partial charge on any atom is 0.143 e.